The zero-order valence-electron chi connectivity index (χ0n) is 11.5. The Hall–Kier alpha value is -1.11. The molecule has 0 fully saturated rings. The van der Waals surface area contributed by atoms with Gasteiger partial charge in [-0.1, -0.05) is 29.8 Å². The first kappa shape index (κ1) is 16.9. The van der Waals surface area contributed by atoms with E-state index in [1.807, 2.05) is 12.1 Å². The van der Waals surface area contributed by atoms with E-state index in [0.717, 1.165) is 11.8 Å². The van der Waals surface area contributed by atoms with Gasteiger partial charge in [-0.25, -0.2) is 8.42 Å². The van der Waals surface area contributed by atoms with Crippen molar-refractivity contribution >= 4 is 27.3 Å². The number of nitrogens with two attached hydrogens (primary N) is 1. The Balaban J connectivity index is 2.60. The minimum atomic E-state index is -3.12. The number of carbonyl (C=O) groups excluding carboxylic acids is 1. The molecule has 1 unspecified atom stereocenters. The van der Waals surface area contributed by atoms with Gasteiger partial charge >= 0.3 is 0 Å². The number of hydrogen-bond donors (Lipinski definition) is 2. The number of sulfone groups is 1. The van der Waals surface area contributed by atoms with Crippen molar-refractivity contribution in [2.24, 2.45) is 5.73 Å². The number of nitrogens with one attached hydrogen (secondary N) is 1. The van der Waals surface area contributed by atoms with Crippen molar-refractivity contribution < 1.29 is 13.2 Å². The van der Waals surface area contributed by atoms with Crippen molar-refractivity contribution in [1.82, 2.24) is 5.32 Å². The van der Waals surface area contributed by atoms with Gasteiger partial charge in [0.25, 0.3) is 0 Å². The van der Waals surface area contributed by atoms with Gasteiger partial charge in [0, 0.05) is 11.3 Å². The Morgan fingerprint density at radius 2 is 2.00 bits per heavy atom. The summed E-state index contributed by atoms with van der Waals surface area (Å²) in [6.45, 7) is 1.79. The fraction of sp³-hybridized carbons (Fsp3) is 0.462. The quantitative estimate of drug-likeness (QED) is 0.827. The van der Waals surface area contributed by atoms with Gasteiger partial charge < -0.3 is 11.1 Å². The molecule has 0 aliphatic rings. The number of benzene rings is 1. The van der Waals surface area contributed by atoms with E-state index < -0.39 is 15.9 Å². The molecule has 0 aliphatic carbocycles. The third-order valence-electron chi connectivity index (χ3n) is 2.87. The van der Waals surface area contributed by atoms with E-state index in [1.54, 1.807) is 19.1 Å². The Labute approximate surface area is 124 Å². The average molecular weight is 319 g/mol. The lowest BCUT2D eigenvalue weighted by Gasteiger charge is -2.18. The van der Waals surface area contributed by atoms with E-state index in [0.29, 0.717) is 5.02 Å². The van der Waals surface area contributed by atoms with E-state index in [4.69, 9.17) is 17.3 Å². The van der Waals surface area contributed by atoms with Crippen LogP contribution in [0.3, 0.4) is 0 Å². The number of halogens is 1. The van der Waals surface area contributed by atoms with E-state index >= 15 is 0 Å². The first-order valence-electron chi connectivity index (χ1n) is 6.19. The van der Waals surface area contributed by atoms with Crippen LogP contribution in [0.5, 0.6) is 0 Å². The van der Waals surface area contributed by atoms with E-state index in [2.05, 4.69) is 5.32 Å². The molecule has 0 radical (unpaired) electrons. The van der Waals surface area contributed by atoms with E-state index in [1.165, 1.54) is 0 Å². The summed E-state index contributed by atoms with van der Waals surface area (Å²) in [6, 6.07) is 6.04. The molecule has 3 N–H and O–H groups in total. The van der Waals surface area contributed by atoms with Gasteiger partial charge in [0.1, 0.15) is 9.84 Å². The summed E-state index contributed by atoms with van der Waals surface area (Å²) >= 11 is 6.04. The molecule has 0 spiro atoms. The molecular weight excluding hydrogens is 300 g/mol. The highest BCUT2D eigenvalue weighted by Crippen LogP contribution is 2.22. The van der Waals surface area contributed by atoms with Gasteiger partial charge in [-0.2, -0.15) is 0 Å². The van der Waals surface area contributed by atoms with Crippen LogP contribution in [0.25, 0.3) is 0 Å². The van der Waals surface area contributed by atoms with Crippen molar-refractivity contribution in [3.63, 3.8) is 0 Å². The third kappa shape index (κ3) is 5.48. The van der Waals surface area contributed by atoms with Gasteiger partial charge in [-0.05, 0) is 25.0 Å². The highest BCUT2D eigenvalue weighted by Gasteiger charge is 2.19. The van der Waals surface area contributed by atoms with Crippen LogP contribution in [0.2, 0.25) is 5.02 Å². The fourth-order valence-corrected chi connectivity index (χ4v) is 2.68. The molecule has 112 valence electrons. The zero-order chi connectivity index (χ0) is 15.3. The smallest absolute Gasteiger partial charge is 0.237 e. The minimum Gasteiger partial charge on any atom is -0.348 e. The van der Waals surface area contributed by atoms with Crippen LogP contribution in [0.4, 0.5) is 0 Å². The maximum absolute atomic E-state index is 11.9. The van der Waals surface area contributed by atoms with Crippen LogP contribution < -0.4 is 11.1 Å². The van der Waals surface area contributed by atoms with Gasteiger partial charge in [0.05, 0.1) is 17.8 Å². The highest BCUT2D eigenvalue weighted by molar-refractivity contribution is 7.90. The van der Waals surface area contributed by atoms with Crippen molar-refractivity contribution in [3.8, 4) is 0 Å². The summed E-state index contributed by atoms with van der Waals surface area (Å²) in [5, 5.41) is 3.29. The molecule has 0 aromatic heterocycles. The summed E-state index contributed by atoms with van der Waals surface area (Å²) in [5.41, 5.74) is 6.47. The standard InChI is InChI=1S/C13H19ClN2O3S/c1-9(10-5-3-4-6-11(10)14)16-13(17)12(15)7-8-20(2,18)19/h3-6,9,12H,7-8,15H2,1-2H3,(H,16,17)/t9-,12?/m1/s1. The zero-order valence-corrected chi connectivity index (χ0v) is 13.0. The molecule has 0 saturated carbocycles. The Bertz CT molecular complexity index is 575. The van der Waals surface area contributed by atoms with Crippen molar-refractivity contribution in [2.45, 2.75) is 25.4 Å². The molecule has 1 amide bonds. The first-order valence-corrected chi connectivity index (χ1v) is 8.62. The predicted molar refractivity (Wildman–Crippen MR) is 80.3 cm³/mol. The summed E-state index contributed by atoms with van der Waals surface area (Å²) in [5.74, 6) is -0.497. The maximum Gasteiger partial charge on any atom is 0.237 e. The Morgan fingerprint density at radius 1 is 1.40 bits per heavy atom. The number of rotatable bonds is 6. The molecule has 1 aromatic rings. The molecule has 20 heavy (non-hydrogen) atoms. The van der Waals surface area contributed by atoms with Crippen LogP contribution in [0, 0.1) is 0 Å². The summed E-state index contributed by atoms with van der Waals surface area (Å²) < 4.78 is 22.1. The first-order chi connectivity index (χ1) is 9.20. The molecule has 0 bridgehead atoms. The van der Waals surface area contributed by atoms with Crippen LogP contribution in [0.1, 0.15) is 24.9 Å². The van der Waals surface area contributed by atoms with Crippen LogP contribution in [-0.2, 0) is 14.6 Å². The van der Waals surface area contributed by atoms with Gasteiger partial charge in [-0.15, -0.1) is 0 Å². The molecule has 2 atom stereocenters. The molecule has 0 heterocycles. The largest absolute Gasteiger partial charge is 0.348 e. The normalized spacial score (nSPS) is 14.6. The third-order valence-corrected chi connectivity index (χ3v) is 4.19. The predicted octanol–water partition coefficient (Wildman–Crippen LogP) is 1.28. The average Bonchev–Trinajstić information content (AvgIpc) is 2.35. The topological polar surface area (TPSA) is 89.3 Å². The van der Waals surface area contributed by atoms with Gasteiger partial charge in [0.2, 0.25) is 5.91 Å². The van der Waals surface area contributed by atoms with E-state index in [-0.39, 0.29) is 24.1 Å². The molecule has 1 rings (SSSR count). The summed E-state index contributed by atoms with van der Waals surface area (Å²) in [7, 11) is -3.12. The van der Waals surface area contributed by atoms with E-state index in [9.17, 15) is 13.2 Å². The van der Waals surface area contributed by atoms with Crippen LogP contribution >= 0.6 is 11.6 Å². The SMILES string of the molecule is C[C@@H](NC(=O)C(N)CCS(C)(=O)=O)c1ccccc1Cl. The second-order valence-corrected chi connectivity index (χ2v) is 7.44. The van der Waals surface area contributed by atoms with Gasteiger partial charge in [-0.3, -0.25) is 4.79 Å². The van der Waals surface area contributed by atoms with Gasteiger partial charge in [0.15, 0.2) is 0 Å². The van der Waals surface area contributed by atoms with Crippen LogP contribution in [-0.4, -0.2) is 32.4 Å². The molecule has 7 heteroatoms. The molecule has 1 aromatic carbocycles. The molecular formula is C13H19ClN2O3S. The maximum atomic E-state index is 11.9. The summed E-state index contributed by atoms with van der Waals surface area (Å²) in [4.78, 5) is 11.9. The number of carbonyl (C=O) groups is 1. The van der Waals surface area contributed by atoms with Crippen molar-refractivity contribution in [3.05, 3.63) is 34.9 Å². The molecule has 5 nitrogen and oxygen atoms in total. The second-order valence-electron chi connectivity index (χ2n) is 4.78. The lowest BCUT2D eigenvalue weighted by Crippen LogP contribution is -2.42. The lowest BCUT2D eigenvalue weighted by molar-refractivity contribution is -0.123. The highest BCUT2D eigenvalue weighted by atomic mass is 35.5. The van der Waals surface area contributed by atoms with Crippen LogP contribution in [0.15, 0.2) is 24.3 Å². The monoisotopic (exact) mass is 318 g/mol. The summed E-state index contributed by atoms with van der Waals surface area (Å²) in [6.07, 6.45) is 1.21. The Morgan fingerprint density at radius 3 is 2.55 bits per heavy atom. The Kier molecular flexibility index (Phi) is 5.98. The van der Waals surface area contributed by atoms with Crippen molar-refractivity contribution in [1.29, 1.82) is 0 Å². The number of hydrogen-bond acceptors (Lipinski definition) is 4. The fourth-order valence-electron chi connectivity index (χ4n) is 1.70. The number of amides is 1. The molecule has 0 aliphatic heterocycles. The minimum absolute atomic E-state index is 0.0971. The lowest BCUT2D eigenvalue weighted by atomic mass is 10.1. The molecule has 0 saturated heterocycles. The van der Waals surface area contributed by atoms with Crippen molar-refractivity contribution in [2.75, 3.05) is 12.0 Å². The second kappa shape index (κ2) is 7.06.